The van der Waals surface area contributed by atoms with Crippen LogP contribution < -0.4 is 5.56 Å². The average molecular weight is 385 g/mol. The van der Waals surface area contributed by atoms with E-state index in [9.17, 15) is 9.90 Å². The lowest BCUT2D eigenvalue weighted by atomic mass is 9.93. The first kappa shape index (κ1) is 19.6. The Morgan fingerprint density at radius 2 is 2.04 bits per heavy atom. The zero-order valence-electron chi connectivity index (χ0n) is 16.3. The number of pyridine rings is 1. The van der Waals surface area contributed by atoms with E-state index in [-0.39, 0.29) is 11.3 Å². The van der Waals surface area contributed by atoms with E-state index < -0.39 is 0 Å². The van der Waals surface area contributed by atoms with Crippen molar-refractivity contribution in [2.45, 2.75) is 39.0 Å². The number of rotatable bonds is 8. The number of phenolic OH excluding ortho intramolecular Hbond substituents is 1. The van der Waals surface area contributed by atoms with Gasteiger partial charge >= 0.3 is 0 Å². The van der Waals surface area contributed by atoms with Gasteiger partial charge in [0.1, 0.15) is 10.4 Å². The van der Waals surface area contributed by atoms with Crippen molar-refractivity contribution in [1.29, 1.82) is 0 Å². The van der Waals surface area contributed by atoms with Crippen molar-refractivity contribution in [3.05, 3.63) is 45.6 Å². The lowest BCUT2D eigenvalue weighted by Crippen LogP contribution is -2.12. The van der Waals surface area contributed by atoms with Gasteiger partial charge in [0.2, 0.25) is 0 Å². The summed E-state index contributed by atoms with van der Waals surface area (Å²) in [6.45, 7) is 3.22. The minimum Gasteiger partial charge on any atom is -0.507 e. The van der Waals surface area contributed by atoms with Gasteiger partial charge < -0.3 is 15.0 Å². The number of hydrogen-bond donors (Lipinski definition) is 2. The third-order valence-electron chi connectivity index (χ3n) is 4.90. The monoisotopic (exact) mass is 384 g/mol. The second kappa shape index (κ2) is 8.72. The number of aromatic amines is 1. The zero-order chi connectivity index (χ0) is 19.4. The van der Waals surface area contributed by atoms with Crippen molar-refractivity contribution in [1.82, 2.24) is 9.88 Å². The standard InChI is InChI=1S/C22H28N2O2S/c1-4-8-15(9-6-5-7-13-24(2)3)19-18(25)11-10-17-20(19)16-12-14-27-21(16)22(26)23-17/h8,10-12,14,25H,4-7,9,13H2,1-3H3,(H,23,26). The van der Waals surface area contributed by atoms with E-state index in [2.05, 4.69) is 37.0 Å². The molecule has 0 saturated carbocycles. The largest absolute Gasteiger partial charge is 0.507 e. The molecule has 3 aromatic rings. The van der Waals surface area contributed by atoms with Gasteiger partial charge in [0.25, 0.3) is 5.56 Å². The molecule has 0 radical (unpaired) electrons. The van der Waals surface area contributed by atoms with Crippen LogP contribution in [0.4, 0.5) is 0 Å². The quantitative estimate of drug-likeness (QED) is 0.514. The minimum absolute atomic E-state index is 0.0613. The van der Waals surface area contributed by atoms with Crippen molar-refractivity contribution in [2.75, 3.05) is 20.6 Å². The van der Waals surface area contributed by atoms with E-state index >= 15 is 0 Å². The van der Waals surface area contributed by atoms with Gasteiger partial charge in [0.15, 0.2) is 0 Å². The van der Waals surface area contributed by atoms with Crippen LogP contribution in [0.1, 0.15) is 44.6 Å². The van der Waals surface area contributed by atoms with E-state index in [0.717, 1.165) is 58.8 Å². The Kier molecular flexibility index (Phi) is 6.34. The summed E-state index contributed by atoms with van der Waals surface area (Å²) in [6, 6.07) is 5.48. The first-order chi connectivity index (χ1) is 13.0. The molecule has 0 unspecified atom stereocenters. The first-order valence-electron chi connectivity index (χ1n) is 9.62. The van der Waals surface area contributed by atoms with Crippen LogP contribution in [-0.2, 0) is 0 Å². The summed E-state index contributed by atoms with van der Waals surface area (Å²) >= 11 is 1.45. The predicted molar refractivity (Wildman–Crippen MR) is 117 cm³/mol. The van der Waals surface area contributed by atoms with E-state index in [0.29, 0.717) is 0 Å². The van der Waals surface area contributed by atoms with Crippen LogP contribution in [0.25, 0.3) is 26.6 Å². The van der Waals surface area contributed by atoms with Gasteiger partial charge in [-0.15, -0.1) is 11.3 Å². The molecule has 3 rings (SSSR count). The molecule has 2 aromatic heterocycles. The summed E-state index contributed by atoms with van der Waals surface area (Å²) in [4.78, 5) is 17.5. The SMILES string of the molecule is CCC=C(CCCCCN(C)C)c1c(O)ccc2[nH]c(=O)c3sccc3c12. The third kappa shape index (κ3) is 4.25. The number of hydrogen-bond acceptors (Lipinski definition) is 4. The number of unbranched alkanes of at least 4 members (excludes halogenated alkanes) is 2. The molecule has 144 valence electrons. The second-order valence-electron chi connectivity index (χ2n) is 7.25. The fraction of sp³-hybridized carbons (Fsp3) is 0.409. The molecule has 27 heavy (non-hydrogen) atoms. The summed E-state index contributed by atoms with van der Waals surface area (Å²) < 4.78 is 0.719. The number of allylic oxidation sites excluding steroid dienone is 2. The number of thiophene rings is 1. The third-order valence-corrected chi connectivity index (χ3v) is 5.81. The Bertz CT molecular complexity index is 1010. The summed E-state index contributed by atoms with van der Waals surface area (Å²) in [6.07, 6.45) is 7.48. The highest BCUT2D eigenvalue weighted by Gasteiger charge is 2.16. The van der Waals surface area contributed by atoms with E-state index in [1.807, 2.05) is 11.4 Å². The fourth-order valence-electron chi connectivity index (χ4n) is 3.66. The van der Waals surface area contributed by atoms with Crippen LogP contribution in [0.3, 0.4) is 0 Å². The topological polar surface area (TPSA) is 56.3 Å². The number of aromatic hydroxyl groups is 1. The first-order valence-corrected chi connectivity index (χ1v) is 10.5. The number of benzene rings is 1. The molecule has 0 aliphatic heterocycles. The van der Waals surface area contributed by atoms with Crippen molar-refractivity contribution in [3.63, 3.8) is 0 Å². The predicted octanol–water partition coefficient (Wildman–Crippen LogP) is 5.36. The minimum atomic E-state index is -0.0613. The smallest absolute Gasteiger partial charge is 0.266 e. The van der Waals surface area contributed by atoms with Crippen molar-refractivity contribution in [3.8, 4) is 5.75 Å². The molecular weight excluding hydrogens is 356 g/mol. The molecule has 0 aliphatic rings. The molecule has 0 saturated heterocycles. The summed E-state index contributed by atoms with van der Waals surface area (Å²) in [5, 5.41) is 14.5. The lowest BCUT2D eigenvalue weighted by Gasteiger charge is -2.15. The lowest BCUT2D eigenvalue weighted by molar-refractivity contribution is 0.392. The normalized spacial score (nSPS) is 12.5. The molecule has 0 aliphatic carbocycles. The Labute approximate surface area is 164 Å². The molecule has 0 atom stereocenters. The second-order valence-corrected chi connectivity index (χ2v) is 8.17. The van der Waals surface area contributed by atoms with E-state index in [1.54, 1.807) is 12.1 Å². The molecule has 4 nitrogen and oxygen atoms in total. The summed E-state index contributed by atoms with van der Waals surface area (Å²) in [5.74, 6) is 0.287. The molecule has 0 bridgehead atoms. The summed E-state index contributed by atoms with van der Waals surface area (Å²) in [7, 11) is 4.20. The van der Waals surface area contributed by atoms with Crippen LogP contribution in [-0.4, -0.2) is 35.6 Å². The van der Waals surface area contributed by atoms with Crippen LogP contribution in [0.15, 0.2) is 34.4 Å². The number of phenols is 1. The molecule has 5 heteroatoms. The summed E-state index contributed by atoms with van der Waals surface area (Å²) in [5.41, 5.74) is 2.77. The van der Waals surface area contributed by atoms with Crippen LogP contribution >= 0.6 is 11.3 Å². The van der Waals surface area contributed by atoms with Gasteiger partial charge in [-0.05, 0) is 75.5 Å². The highest BCUT2D eigenvalue weighted by molar-refractivity contribution is 7.17. The van der Waals surface area contributed by atoms with Crippen LogP contribution in [0.2, 0.25) is 0 Å². The molecule has 0 amide bonds. The van der Waals surface area contributed by atoms with E-state index in [1.165, 1.54) is 23.3 Å². The Morgan fingerprint density at radius 1 is 1.22 bits per heavy atom. The Hall–Kier alpha value is -2.11. The van der Waals surface area contributed by atoms with Gasteiger partial charge in [0, 0.05) is 21.9 Å². The molecule has 1 aromatic carbocycles. The van der Waals surface area contributed by atoms with Crippen LogP contribution in [0, 0.1) is 0 Å². The molecular formula is C22H28N2O2S. The number of nitrogens with one attached hydrogen (secondary N) is 1. The number of nitrogens with zero attached hydrogens (tertiary/aromatic N) is 1. The maximum Gasteiger partial charge on any atom is 0.266 e. The highest BCUT2D eigenvalue weighted by Crippen LogP contribution is 2.38. The van der Waals surface area contributed by atoms with Crippen molar-refractivity contribution >= 4 is 37.9 Å². The average Bonchev–Trinajstić information content (AvgIpc) is 3.11. The number of fused-ring (bicyclic) bond motifs is 3. The molecule has 2 heterocycles. The Balaban J connectivity index is 2.02. The van der Waals surface area contributed by atoms with Gasteiger partial charge in [-0.2, -0.15) is 0 Å². The van der Waals surface area contributed by atoms with Crippen molar-refractivity contribution in [2.24, 2.45) is 0 Å². The van der Waals surface area contributed by atoms with Crippen molar-refractivity contribution < 1.29 is 5.11 Å². The van der Waals surface area contributed by atoms with Gasteiger partial charge in [0.05, 0.1) is 0 Å². The Morgan fingerprint density at radius 3 is 2.78 bits per heavy atom. The maximum atomic E-state index is 12.3. The number of aromatic nitrogens is 1. The molecule has 2 N–H and O–H groups in total. The number of H-pyrrole nitrogens is 1. The maximum absolute atomic E-state index is 12.3. The van der Waals surface area contributed by atoms with Gasteiger partial charge in [-0.25, -0.2) is 0 Å². The highest BCUT2D eigenvalue weighted by atomic mass is 32.1. The zero-order valence-corrected chi connectivity index (χ0v) is 17.2. The molecule has 0 spiro atoms. The molecule has 0 fully saturated rings. The van der Waals surface area contributed by atoms with E-state index in [4.69, 9.17) is 0 Å². The fourth-order valence-corrected chi connectivity index (χ4v) is 4.45. The van der Waals surface area contributed by atoms with Crippen LogP contribution in [0.5, 0.6) is 5.75 Å². The van der Waals surface area contributed by atoms with Gasteiger partial charge in [-0.3, -0.25) is 4.79 Å². The van der Waals surface area contributed by atoms with Gasteiger partial charge in [-0.1, -0.05) is 19.4 Å².